The molecule has 3 aromatic rings. The smallest absolute Gasteiger partial charge is 0.0750 e. The van der Waals surface area contributed by atoms with Crippen molar-refractivity contribution in [1.29, 1.82) is 0 Å². The molecule has 52 heavy (non-hydrogen) atoms. The average molecular weight is 716 g/mol. The van der Waals surface area contributed by atoms with Crippen molar-refractivity contribution in [2.24, 2.45) is 5.92 Å². The molecule has 0 N–H and O–H groups in total. The quantitative estimate of drug-likeness (QED) is 0.176. The molecule has 0 bridgehead atoms. The number of allylic oxidation sites excluding steroid dienone is 4. The van der Waals surface area contributed by atoms with Gasteiger partial charge in [0.15, 0.2) is 8.07 Å². The summed E-state index contributed by atoms with van der Waals surface area (Å²) >= 11 is 0. The van der Waals surface area contributed by atoms with Crippen LogP contribution < -0.4 is 15.6 Å². The Morgan fingerprint density at radius 2 is 0.654 bits per heavy atom. The SMILES string of the molecule is CCC(C)C1=C[C]([Si](c2cc(C(C)(C)C)cc(C(C)(C)C)c2)(c2cc(C(C)(C)C)cc(C(C)(C)C)c2)c2cc(C(C)(C)C)cc(C(C)(C)C)c2)C=C1. The van der Waals surface area contributed by atoms with Crippen molar-refractivity contribution in [3.63, 3.8) is 0 Å². The minimum absolute atomic E-state index is 0.00227. The third kappa shape index (κ3) is 8.67. The minimum atomic E-state index is -3.00. The van der Waals surface area contributed by atoms with Gasteiger partial charge in [-0.2, -0.15) is 0 Å². The fraction of sp³-hybridized carbons (Fsp3) is 0.549. The molecule has 0 aliphatic heterocycles. The molecule has 0 nitrogen and oxygen atoms in total. The van der Waals surface area contributed by atoms with Crippen molar-refractivity contribution >= 4 is 23.6 Å². The van der Waals surface area contributed by atoms with Crippen LogP contribution in [0.25, 0.3) is 0 Å². The summed E-state index contributed by atoms with van der Waals surface area (Å²) in [5.74, 6) is 0.503. The van der Waals surface area contributed by atoms with E-state index in [1.54, 1.807) is 0 Å². The van der Waals surface area contributed by atoms with Crippen molar-refractivity contribution in [2.75, 3.05) is 0 Å². The van der Waals surface area contributed by atoms with Crippen molar-refractivity contribution in [3.8, 4) is 0 Å². The first-order valence-electron chi connectivity index (χ1n) is 20.2. The minimum Gasteiger partial charge on any atom is -0.0750 e. The van der Waals surface area contributed by atoms with E-state index in [9.17, 15) is 0 Å². The fourth-order valence-corrected chi connectivity index (χ4v) is 12.3. The lowest BCUT2D eigenvalue weighted by Crippen LogP contribution is -2.71. The van der Waals surface area contributed by atoms with Crippen molar-refractivity contribution < 1.29 is 0 Å². The third-order valence-corrected chi connectivity index (χ3v) is 16.3. The Hall–Kier alpha value is -2.64. The van der Waals surface area contributed by atoms with Gasteiger partial charge >= 0.3 is 0 Å². The maximum atomic E-state index is 2.64. The molecular formula is C51H75Si. The average Bonchev–Trinajstić information content (AvgIpc) is 3.48. The molecule has 283 valence electrons. The van der Waals surface area contributed by atoms with Crippen LogP contribution in [0.1, 0.15) is 178 Å². The van der Waals surface area contributed by atoms with Gasteiger partial charge in [-0.1, -0.05) is 211 Å². The van der Waals surface area contributed by atoms with E-state index in [4.69, 9.17) is 0 Å². The second-order valence-electron chi connectivity index (χ2n) is 22.4. The number of hydrogen-bond acceptors (Lipinski definition) is 0. The Labute approximate surface area is 323 Å². The highest BCUT2D eigenvalue weighted by Gasteiger charge is 2.49. The van der Waals surface area contributed by atoms with Crippen molar-refractivity contribution in [1.82, 2.24) is 0 Å². The predicted molar refractivity (Wildman–Crippen MR) is 236 cm³/mol. The van der Waals surface area contributed by atoms with Crippen LogP contribution in [0.3, 0.4) is 0 Å². The molecule has 0 fully saturated rings. The zero-order valence-electron chi connectivity index (χ0n) is 37.2. The van der Waals surface area contributed by atoms with E-state index in [1.807, 2.05) is 0 Å². The summed E-state index contributed by atoms with van der Waals surface area (Å²) in [7, 11) is -3.00. The summed E-state index contributed by atoms with van der Waals surface area (Å²) < 4.78 is 0. The first kappa shape index (κ1) is 42.1. The van der Waals surface area contributed by atoms with Gasteiger partial charge in [-0.15, -0.1) is 0 Å². The molecule has 1 radical (unpaired) electrons. The second-order valence-corrected chi connectivity index (χ2v) is 26.2. The Morgan fingerprint density at radius 1 is 0.404 bits per heavy atom. The molecule has 0 heterocycles. The summed E-state index contributed by atoms with van der Waals surface area (Å²) in [6, 6.07) is 23.4. The highest BCUT2D eigenvalue weighted by Crippen LogP contribution is 2.38. The molecule has 1 heteroatoms. The number of rotatable bonds is 6. The highest BCUT2D eigenvalue weighted by atomic mass is 28.3. The Morgan fingerprint density at radius 3 is 0.865 bits per heavy atom. The highest BCUT2D eigenvalue weighted by molar-refractivity contribution is 7.15. The van der Waals surface area contributed by atoms with Crippen LogP contribution in [-0.2, 0) is 32.5 Å². The monoisotopic (exact) mass is 716 g/mol. The maximum Gasteiger partial charge on any atom is 0.162 e. The molecule has 0 amide bonds. The van der Waals surface area contributed by atoms with Gasteiger partial charge in [-0.25, -0.2) is 0 Å². The van der Waals surface area contributed by atoms with Crippen molar-refractivity contribution in [2.45, 2.75) is 177 Å². The van der Waals surface area contributed by atoms with Crippen LogP contribution in [0.15, 0.2) is 78.4 Å². The number of hydrogen-bond donors (Lipinski definition) is 0. The molecule has 0 saturated carbocycles. The van der Waals surface area contributed by atoms with Crippen LogP contribution in [0.2, 0.25) is 0 Å². The van der Waals surface area contributed by atoms with Crippen LogP contribution >= 0.6 is 0 Å². The normalized spacial score (nSPS) is 16.0. The third-order valence-electron chi connectivity index (χ3n) is 11.7. The van der Waals surface area contributed by atoms with Crippen LogP contribution in [0, 0.1) is 11.5 Å². The topological polar surface area (TPSA) is 0 Å². The van der Waals surface area contributed by atoms with Crippen LogP contribution in [-0.4, -0.2) is 8.07 Å². The van der Waals surface area contributed by atoms with Gasteiger partial charge in [0, 0.05) is 5.54 Å². The lowest BCUT2D eigenvalue weighted by atomic mass is 9.80. The van der Waals surface area contributed by atoms with E-state index < -0.39 is 8.07 Å². The first-order chi connectivity index (χ1) is 23.4. The summed E-state index contributed by atoms with van der Waals surface area (Å²) in [5, 5.41) is 4.51. The van der Waals surface area contributed by atoms with E-state index in [-0.39, 0.29) is 32.5 Å². The molecule has 1 atom stereocenters. The Balaban J connectivity index is 2.45. The molecule has 1 aliphatic carbocycles. The Bertz CT molecular complexity index is 1540. The van der Waals surface area contributed by atoms with Crippen LogP contribution in [0.4, 0.5) is 0 Å². The van der Waals surface area contributed by atoms with Gasteiger partial charge in [-0.05, 0) is 99.3 Å². The molecular weight excluding hydrogens is 641 g/mol. The van der Waals surface area contributed by atoms with Gasteiger partial charge in [0.1, 0.15) is 0 Å². The molecule has 0 spiro atoms. The van der Waals surface area contributed by atoms with Crippen molar-refractivity contribution in [3.05, 3.63) is 117 Å². The van der Waals surface area contributed by atoms with Gasteiger partial charge in [0.05, 0.1) is 0 Å². The maximum absolute atomic E-state index is 3.00. The first-order valence-corrected chi connectivity index (χ1v) is 22.2. The van der Waals surface area contributed by atoms with Gasteiger partial charge in [-0.3, -0.25) is 0 Å². The molecule has 3 aromatic carbocycles. The fourth-order valence-electron chi connectivity index (χ4n) is 7.37. The zero-order valence-corrected chi connectivity index (χ0v) is 38.2. The lowest BCUT2D eigenvalue weighted by molar-refractivity contribution is 0.569. The van der Waals surface area contributed by atoms with E-state index in [0.29, 0.717) is 5.92 Å². The standard InChI is InChI=1S/C51H75Si/c1-21-34(2)35-22-23-42(24-35)52(43-28-36(46(3,4)5)25-37(29-43)47(6,7)8,44-30-38(48(9,10)11)26-39(31-44)49(12,13)14)45-32-40(50(15,16)17)27-41(33-45)51(18,19)20/h22-34H,21H2,1-20H3. The molecule has 4 rings (SSSR count). The van der Waals surface area contributed by atoms with Gasteiger partial charge in [0.2, 0.25) is 0 Å². The zero-order chi connectivity index (χ0) is 39.6. The van der Waals surface area contributed by atoms with E-state index in [0.717, 1.165) is 6.42 Å². The van der Waals surface area contributed by atoms with E-state index >= 15 is 0 Å². The van der Waals surface area contributed by atoms with E-state index in [2.05, 4.69) is 211 Å². The summed E-state index contributed by atoms with van der Waals surface area (Å²) in [6.45, 7) is 47.7. The largest absolute Gasteiger partial charge is 0.162 e. The number of benzene rings is 3. The molecule has 0 saturated heterocycles. The second kappa shape index (κ2) is 13.9. The van der Waals surface area contributed by atoms with Gasteiger partial charge < -0.3 is 0 Å². The predicted octanol–water partition coefficient (Wildman–Crippen LogP) is 12.6. The molecule has 0 aromatic heterocycles. The lowest BCUT2D eigenvalue weighted by Gasteiger charge is -2.42. The Kier molecular flexibility index (Phi) is 11.2. The summed E-state index contributed by atoms with van der Waals surface area (Å²) in [6.07, 6.45) is 8.75. The van der Waals surface area contributed by atoms with Gasteiger partial charge in [0.25, 0.3) is 0 Å². The summed E-state index contributed by atoms with van der Waals surface area (Å²) in [5.41, 5.74) is 11.5. The molecule has 1 unspecified atom stereocenters. The summed E-state index contributed by atoms with van der Waals surface area (Å²) in [4.78, 5) is 0. The van der Waals surface area contributed by atoms with E-state index in [1.165, 1.54) is 60.1 Å². The molecule has 1 aliphatic rings. The van der Waals surface area contributed by atoms with Crippen LogP contribution in [0.5, 0.6) is 0 Å².